The highest BCUT2D eigenvalue weighted by atomic mass is 35.5. The summed E-state index contributed by atoms with van der Waals surface area (Å²) >= 11 is 6.38. The molecule has 1 atom stereocenters. The summed E-state index contributed by atoms with van der Waals surface area (Å²) in [5, 5.41) is 3.22. The van der Waals surface area contributed by atoms with Gasteiger partial charge in [0.05, 0.1) is 23.9 Å². The van der Waals surface area contributed by atoms with Crippen LogP contribution in [0, 0.1) is 0 Å². The number of halogens is 1. The van der Waals surface area contributed by atoms with Crippen molar-refractivity contribution in [3.8, 4) is 5.75 Å². The third-order valence-corrected chi connectivity index (χ3v) is 5.05. The molecule has 1 aliphatic rings. The molecule has 0 spiro atoms. The monoisotopic (exact) mass is 400 g/mol. The molecule has 2 amide bonds. The number of fused-ring (bicyclic) bond motifs is 1. The van der Waals surface area contributed by atoms with Crippen molar-refractivity contribution in [3.05, 3.63) is 58.6 Å². The van der Waals surface area contributed by atoms with E-state index in [4.69, 9.17) is 16.3 Å². The maximum Gasteiger partial charge on any atom is 0.254 e. The van der Waals surface area contributed by atoms with Gasteiger partial charge < -0.3 is 15.0 Å². The highest BCUT2D eigenvalue weighted by molar-refractivity contribution is 6.34. The number of hydrogen-bond acceptors (Lipinski definition) is 3. The van der Waals surface area contributed by atoms with Gasteiger partial charge in [-0.3, -0.25) is 9.59 Å². The molecule has 0 saturated heterocycles. The molecule has 0 aromatic heterocycles. The number of anilines is 1. The SMILES string of the molecule is CCCCCOc1ccc(CN2C(=O)[C@H](NC(C)=O)c3cccc(Cl)c32)cc1. The molecular weight excluding hydrogens is 376 g/mol. The van der Waals surface area contributed by atoms with Crippen LogP contribution in [0.4, 0.5) is 5.69 Å². The Morgan fingerprint density at radius 3 is 2.61 bits per heavy atom. The molecular formula is C22H25ClN2O3. The number of rotatable bonds is 8. The number of carbonyl (C=O) groups is 2. The Hall–Kier alpha value is -2.53. The van der Waals surface area contributed by atoms with E-state index in [1.807, 2.05) is 30.3 Å². The maximum absolute atomic E-state index is 13.0. The average molecular weight is 401 g/mol. The molecule has 0 unspecified atom stereocenters. The van der Waals surface area contributed by atoms with Crippen molar-refractivity contribution in [3.63, 3.8) is 0 Å². The second kappa shape index (κ2) is 9.11. The molecule has 1 N–H and O–H groups in total. The van der Waals surface area contributed by atoms with Crippen LogP contribution in [-0.2, 0) is 16.1 Å². The fourth-order valence-electron chi connectivity index (χ4n) is 3.36. The average Bonchev–Trinajstić information content (AvgIpc) is 2.93. The summed E-state index contributed by atoms with van der Waals surface area (Å²) < 4.78 is 5.74. The first-order chi connectivity index (χ1) is 13.5. The lowest BCUT2D eigenvalue weighted by Gasteiger charge is -2.19. The van der Waals surface area contributed by atoms with E-state index in [1.165, 1.54) is 6.92 Å². The molecule has 0 fully saturated rings. The highest BCUT2D eigenvalue weighted by Crippen LogP contribution is 2.41. The van der Waals surface area contributed by atoms with Gasteiger partial charge in [0.15, 0.2) is 0 Å². The Kier molecular flexibility index (Phi) is 6.57. The summed E-state index contributed by atoms with van der Waals surface area (Å²) in [6.07, 6.45) is 3.36. The fourth-order valence-corrected chi connectivity index (χ4v) is 3.65. The Balaban J connectivity index is 1.75. The smallest absolute Gasteiger partial charge is 0.254 e. The van der Waals surface area contributed by atoms with E-state index in [2.05, 4.69) is 12.2 Å². The van der Waals surface area contributed by atoms with E-state index in [0.717, 1.165) is 36.1 Å². The molecule has 2 aromatic carbocycles. The van der Waals surface area contributed by atoms with E-state index in [9.17, 15) is 9.59 Å². The zero-order valence-corrected chi connectivity index (χ0v) is 17.0. The molecule has 1 aliphatic heterocycles. The van der Waals surface area contributed by atoms with Crippen molar-refractivity contribution in [2.24, 2.45) is 0 Å². The predicted molar refractivity (Wildman–Crippen MR) is 111 cm³/mol. The van der Waals surface area contributed by atoms with Crippen molar-refractivity contribution in [1.82, 2.24) is 5.32 Å². The van der Waals surface area contributed by atoms with Gasteiger partial charge in [-0.05, 0) is 30.2 Å². The Bertz CT molecular complexity index is 851. The van der Waals surface area contributed by atoms with Gasteiger partial charge in [-0.25, -0.2) is 0 Å². The van der Waals surface area contributed by atoms with Crippen LogP contribution in [0.1, 0.15) is 50.3 Å². The second-order valence-electron chi connectivity index (χ2n) is 6.94. The minimum absolute atomic E-state index is 0.182. The maximum atomic E-state index is 13.0. The molecule has 3 rings (SSSR count). The zero-order chi connectivity index (χ0) is 20.1. The zero-order valence-electron chi connectivity index (χ0n) is 16.2. The molecule has 0 aliphatic carbocycles. The van der Waals surface area contributed by atoms with Crippen molar-refractivity contribution in [1.29, 1.82) is 0 Å². The molecule has 1 heterocycles. The van der Waals surface area contributed by atoms with Crippen LogP contribution in [0.2, 0.25) is 5.02 Å². The molecule has 148 valence electrons. The number of unbranched alkanes of at least 4 members (excludes halogenated alkanes) is 2. The molecule has 0 radical (unpaired) electrons. The van der Waals surface area contributed by atoms with Crippen LogP contribution in [0.25, 0.3) is 0 Å². The first-order valence-corrected chi connectivity index (χ1v) is 9.97. The topological polar surface area (TPSA) is 58.6 Å². The number of nitrogens with one attached hydrogen (secondary N) is 1. The number of hydrogen-bond donors (Lipinski definition) is 1. The number of amides is 2. The number of ether oxygens (including phenoxy) is 1. The van der Waals surface area contributed by atoms with Gasteiger partial charge in [-0.15, -0.1) is 0 Å². The largest absolute Gasteiger partial charge is 0.494 e. The Morgan fingerprint density at radius 1 is 1.18 bits per heavy atom. The van der Waals surface area contributed by atoms with Crippen LogP contribution in [0.5, 0.6) is 5.75 Å². The summed E-state index contributed by atoms with van der Waals surface area (Å²) in [7, 11) is 0. The van der Waals surface area contributed by atoms with E-state index in [-0.39, 0.29) is 11.8 Å². The number of para-hydroxylation sites is 1. The third kappa shape index (κ3) is 4.47. The summed E-state index contributed by atoms with van der Waals surface area (Å²) in [6.45, 7) is 4.65. The number of nitrogens with zero attached hydrogens (tertiary/aromatic N) is 1. The summed E-state index contributed by atoms with van der Waals surface area (Å²) in [4.78, 5) is 26.1. The molecule has 2 aromatic rings. The van der Waals surface area contributed by atoms with Crippen LogP contribution < -0.4 is 15.0 Å². The normalized spacial score (nSPS) is 15.5. The number of benzene rings is 2. The molecule has 6 heteroatoms. The van der Waals surface area contributed by atoms with E-state index in [1.54, 1.807) is 17.0 Å². The van der Waals surface area contributed by atoms with Crippen LogP contribution in [0.3, 0.4) is 0 Å². The summed E-state index contributed by atoms with van der Waals surface area (Å²) in [5.41, 5.74) is 2.35. The van der Waals surface area contributed by atoms with Gasteiger partial charge >= 0.3 is 0 Å². The van der Waals surface area contributed by atoms with Crippen molar-refractivity contribution < 1.29 is 14.3 Å². The van der Waals surface area contributed by atoms with Crippen LogP contribution in [0.15, 0.2) is 42.5 Å². The fraction of sp³-hybridized carbons (Fsp3) is 0.364. The molecule has 28 heavy (non-hydrogen) atoms. The molecule has 5 nitrogen and oxygen atoms in total. The minimum Gasteiger partial charge on any atom is -0.494 e. The van der Waals surface area contributed by atoms with Crippen molar-refractivity contribution in [2.45, 2.75) is 45.7 Å². The Labute approximate surface area is 170 Å². The van der Waals surface area contributed by atoms with Gasteiger partial charge in [0, 0.05) is 12.5 Å². The number of carbonyl (C=O) groups excluding carboxylic acids is 2. The second-order valence-corrected chi connectivity index (χ2v) is 7.34. The summed E-state index contributed by atoms with van der Waals surface area (Å²) in [6, 6.07) is 12.4. The lowest BCUT2D eigenvalue weighted by Crippen LogP contribution is -2.36. The minimum atomic E-state index is -0.702. The first-order valence-electron chi connectivity index (χ1n) is 9.60. The van der Waals surface area contributed by atoms with E-state index in [0.29, 0.717) is 23.9 Å². The van der Waals surface area contributed by atoms with Gasteiger partial charge in [0.2, 0.25) is 5.91 Å². The third-order valence-electron chi connectivity index (χ3n) is 4.74. The van der Waals surface area contributed by atoms with Crippen molar-refractivity contribution in [2.75, 3.05) is 11.5 Å². The van der Waals surface area contributed by atoms with Gasteiger partial charge in [-0.1, -0.05) is 55.6 Å². The predicted octanol–water partition coefficient (Wildman–Crippen LogP) is 4.63. The van der Waals surface area contributed by atoms with Crippen LogP contribution in [-0.4, -0.2) is 18.4 Å². The van der Waals surface area contributed by atoms with Gasteiger partial charge in [-0.2, -0.15) is 0 Å². The standard InChI is InChI=1S/C22H25ClN2O3/c1-3-4-5-13-28-17-11-9-16(10-12-17)14-25-21-18(7-6-8-19(21)23)20(22(25)27)24-15(2)26/h6-12,20H,3-5,13-14H2,1-2H3,(H,24,26)/t20-/m1/s1. The lowest BCUT2D eigenvalue weighted by molar-refractivity contribution is -0.126. The van der Waals surface area contributed by atoms with Gasteiger partial charge in [0.1, 0.15) is 11.8 Å². The van der Waals surface area contributed by atoms with Crippen molar-refractivity contribution >= 4 is 29.1 Å². The highest BCUT2D eigenvalue weighted by Gasteiger charge is 2.39. The van der Waals surface area contributed by atoms with Crippen LogP contribution >= 0.6 is 11.6 Å². The first kappa shape index (κ1) is 20.2. The van der Waals surface area contributed by atoms with E-state index >= 15 is 0 Å². The Morgan fingerprint density at radius 2 is 1.93 bits per heavy atom. The quantitative estimate of drug-likeness (QED) is 0.657. The van der Waals surface area contributed by atoms with E-state index < -0.39 is 6.04 Å². The molecule has 0 bridgehead atoms. The molecule has 0 saturated carbocycles. The summed E-state index contributed by atoms with van der Waals surface area (Å²) in [5.74, 6) is 0.385. The van der Waals surface area contributed by atoms with Gasteiger partial charge in [0.25, 0.3) is 5.91 Å². The lowest BCUT2D eigenvalue weighted by atomic mass is 10.1.